The van der Waals surface area contributed by atoms with Crippen LogP contribution in [0, 0.1) is 0 Å². The fraction of sp³-hybridized carbons (Fsp3) is 0.158. The van der Waals surface area contributed by atoms with E-state index in [-0.39, 0.29) is 5.43 Å². The van der Waals surface area contributed by atoms with Gasteiger partial charge in [-0.25, -0.2) is 0 Å². The van der Waals surface area contributed by atoms with Crippen LogP contribution in [0.25, 0.3) is 16.6 Å². The van der Waals surface area contributed by atoms with Crippen LogP contribution >= 0.6 is 11.6 Å². The molecule has 0 amide bonds. The van der Waals surface area contributed by atoms with Crippen LogP contribution in [0.3, 0.4) is 0 Å². The summed E-state index contributed by atoms with van der Waals surface area (Å²) in [5.41, 5.74) is 1.00. The number of aromatic nitrogens is 1. The average molecular weight is 358 g/mol. The Kier molecular flexibility index (Phi) is 4.76. The van der Waals surface area contributed by atoms with Gasteiger partial charge in [0.15, 0.2) is 11.2 Å². The molecule has 0 radical (unpaired) electrons. The Bertz CT molecular complexity index is 1010. The van der Waals surface area contributed by atoms with Crippen molar-refractivity contribution in [2.45, 2.75) is 13.8 Å². The molecule has 0 atom stereocenters. The first-order valence-corrected chi connectivity index (χ1v) is 8.15. The van der Waals surface area contributed by atoms with Crippen molar-refractivity contribution in [2.75, 3.05) is 6.61 Å². The smallest absolute Gasteiger partial charge is 0.308 e. The van der Waals surface area contributed by atoms with Gasteiger partial charge in [0.2, 0.25) is 5.88 Å². The zero-order valence-electron chi connectivity index (χ0n) is 13.8. The molecule has 0 spiro atoms. The van der Waals surface area contributed by atoms with Crippen molar-refractivity contribution in [1.29, 1.82) is 0 Å². The van der Waals surface area contributed by atoms with Gasteiger partial charge in [0.1, 0.15) is 0 Å². The fourth-order valence-electron chi connectivity index (χ4n) is 2.66. The second kappa shape index (κ2) is 6.99. The molecular weight excluding hydrogens is 342 g/mol. The third kappa shape index (κ3) is 3.37. The third-order valence-corrected chi connectivity index (χ3v) is 3.83. The van der Waals surface area contributed by atoms with Gasteiger partial charge in [-0.05, 0) is 37.3 Å². The predicted octanol–water partition coefficient (Wildman–Crippen LogP) is 3.97. The summed E-state index contributed by atoms with van der Waals surface area (Å²) in [5.74, 6) is 0.223. The minimum Gasteiger partial charge on any atom is -0.479 e. The van der Waals surface area contributed by atoms with Gasteiger partial charge in [0, 0.05) is 23.4 Å². The number of rotatable bonds is 4. The average Bonchev–Trinajstić information content (AvgIpc) is 2.57. The Morgan fingerprint density at radius 3 is 2.64 bits per heavy atom. The fourth-order valence-corrected chi connectivity index (χ4v) is 2.83. The van der Waals surface area contributed by atoms with E-state index in [0.29, 0.717) is 39.8 Å². The molecule has 3 aromatic rings. The summed E-state index contributed by atoms with van der Waals surface area (Å²) in [5, 5.41) is 0.996. The Hall–Kier alpha value is -2.79. The van der Waals surface area contributed by atoms with Gasteiger partial charge in [-0.15, -0.1) is 0 Å². The maximum absolute atomic E-state index is 12.4. The Labute approximate surface area is 149 Å². The second-order valence-electron chi connectivity index (χ2n) is 5.34. The molecule has 2 aromatic carbocycles. The molecular formula is C19H16ClNO4. The van der Waals surface area contributed by atoms with Gasteiger partial charge < -0.3 is 9.47 Å². The van der Waals surface area contributed by atoms with Gasteiger partial charge in [0.05, 0.1) is 17.8 Å². The van der Waals surface area contributed by atoms with Gasteiger partial charge in [-0.1, -0.05) is 23.7 Å². The van der Waals surface area contributed by atoms with Crippen molar-refractivity contribution < 1.29 is 14.3 Å². The molecule has 0 aliphatic carbocycles. The lowest BCUT2D eigenvalue weighted by Gasteiger charge is -2.19. The number of benzene rings is 2. The number of halogens is 1. The molecule has 0 N–H and O–H groups in total. The van der Waals surface area contributed by atoms with Crippen molar-refractivity contribution in [3.63, 3.8) is 0 Å². The first kappa shape index (κ1) is 17.0. The van der Waals surface area contributed by atoms with Crippen LogP contribution in [0.15, 0.2) is 53.3 Å². The number of hydrogen-bond acceptors (Lipinski definition) is 4. The molecule has 0 fully saturated rings. The molecule has 0 bridgehead atoms. The highest BCUT2D eigenvalue weighted by Crippen LogP contribution is 2.32. The molecule has 5 nitrogen and oxygen atoms in total. The maximum atomic E-state index is 12.4. The minimum absolute atomic E-state index is 0.147. The molecule has 3 rings (SSSR count). The maximum Gasteiger partial charge on any atom is 0.308 e. The minimum atomic E-state index is -0.452. The lowest BCUT2D eigenvalue weighted by molar-refractivity contribution is -0.131. The zero-order valence-corrected chi connectivity index (χ0v) is 14.5. The van der Waals surface area contributed by atoms with E-state index in [0.717, 1.165) is 0 Å². The van der Waals surface area contributed by atoms with E-state index in [4.69, 9.17) is 21.1 Å². The molecule has 0 saturated carbocycles. The SMILES string of the molecule is CCOc1cc(=O)c2ccccc2n1-c1cc(Cl)ccc1OC(C)=O. The van der Waals surface area contributed by atoms with Gasteiger partial charge in [0.25, 0.3) is 0 Å². The molecule has 25 heavy (non-hydrogen) atoms. The normalized spacial score (nSPS) is 10.7. The highest BCUT2D eigenvalue weighted by Gasteiger charge is 2.16. The highest BCUT2D eigenvalue weighted by molar-refractivity contribution is 6.30. The largest absolute Gasteiger partial charge is 0.479 e. The van der Waals surface area contributed by atoms with Gasteiger partial charge in [-0.3, -0.25) is 14.2 Å². The summed E-state index contributed by atoms with van der Waals surface area (Å²) in [7, 11) is 0. The zero-order chi connectivity index (χ0) is 18.0. The van der Waals surface area contributed by atoms with E-state index >= 15 is 0 Å². The van der Waals surface area contributed by atoms with Crippen molar-refractivity contribution >= 4 is 28.5 Å². The van der Waals surface area contributed by atoms with Crippen LogP contribution in [0.1, 0.15) is 13.8 Å². The van der Waals surface area contributed by atoms with Crippen LogP contribution in [-0.2, 0) is 4.79 Å². The summed E-state index contributed by atoms with van der Waals surface area (Å²) in [6.45, 7) is 3.53. The Morgan fingerprint density at radius 2 is 1.92 bits per heavy atom. The molecule has 0 saturated heterocycles. The van der Waals surface area contributed by atoms with Crippen LogP contribution in [-0.4, -0.2) is 17.1 Å². The van der Waals surface area contributed by atoms with Crippen molar-refractivity contribution in [3.05, 3.63) is 63.8 Å². The Balaban J connectivity index is 2.40. The number of ether oxygens (including phenoxy) is 2. The van der Waals surface area contributed by atoms with Crippen molar-refractivity contribution in [2.24, 2.45) is 0 Å². The summed E-state index contributed by atoms with van der Waals surface area (Å²) >= 11 is 6.16. The molecule has 0 aliphatic rings. The quantitative estimate of drug-likeness (QED) is 0.523. The summed E-state index contributed by atoms with van der Waals surface area (Å²) < 4.78 is 12.7. The standard InChI is InChI=1S/C19H16ClNO4/c1-3-24-19-11-17(23)14-6-4-5-7-15(14)21(19)16-10-13(20)8-9-18(16)25-12(2)22/h4-11H,3H2,1-2H3. The number of carbonyl (C=O) groups excluding carboxylic acids is 1. The lowest BCUT2D eigenvalue weighted by Crippen LogP contribution is -2.13. The van der Waals surface area contributed by atoms with Crippen molar-refractivity contribution in [3.8, 4) is 17.3 Å². The van der Waals surface area contributed by atoms with E-state index in [1.54, 1.807) is 41.0 Å². The number of pyridine rings is 1. The van der Waals surface area contributed by atoms with E-state index in [9.17, 15) is 9.59 Å². The number of hydrogen-bond donors (Lipinski definition) is 0. The number of para-hydroxylation sites is 1. The number of carbonyl (C=O) groups is 1. The van der Waals surface area contributed by atoms with E-state index < -0.39 is 5.97 Å². The molecule has 1 heterocycles. The Morgan fingerprint density at radius 1 is 1.16 bits per heavy atom. The second-order valence-corrected chi connectivity index (χ2v) is 5.77. The molecule has 0 unspecified atom stereocenters. The number of fused-ring (bicyclic) bond motifs is 1. The lowest BCUT2D eigenvalue weighted by atomic mass is 10.2. The van der Waals surface area contributed by atoms with Crippen LogP contribution in [0.2, 0.25) is 5.02 Å². The van der Waals surface area contributed by atoms with Crippen LogP contribution in [0.4, 0.5) is 0 Å². The first-order chi connectivity index (χ1) is 12.0. The first-order valence-electron chi connectivity index (χ1n) is 7.77. The monoisotopic (exact) mass is 357 g/mol. The van der Waals surface area contributed by atoms with E-state index in [1.807, 2.05) is 13.0 Å². The number of nitrogens with zero attached hydrogens (tertiary/aromatic N) is 1. The highest BCUT2D eigenvalue weighted by atomic mass is 35.5. The van der Waals surface area contributed by atoms with E-state index in [2.05, 4.69) is 0 Å². The molecule has 6 heteroatoms. The van der Waals surface area contributed by atoms with E-state index in [1.165, 1.54) is 13.0 Å². The number of esters is 1. The van der Waals surface area contributed by atoms with Gasteiger partial charge >= 0.3 is 5.97 Å². The third-order valence-electron chi connectivity index (χ3n) is 3.59. The molecule has 128 valence electrons. The molecule has 1 aromatic heterocycles. The van der Waals surface area contributed by atoms with Crippen LogP contribution < -0.4 is 14.9 Å². The van der Waals surface area contributed by atoms with Gasteiger partial charge in [-0.2, -0.15) is 0 Å². The van der Waals surface area contributed by atoms with Crippen molar-refractivity contribution in [1.82, 2.24) is 4.57 Å². The molecule has 0 aliphatic heterocycles. The summed E-state index contributed by atoms with van der Waals surface area (Å²) in [4.78, 5) is 23.8. The summed E-state index contributed by atoms with van der Waals surface area (Å²) in [6.07, 6.45) is 0. The predicted molar refractivity (Wildman–Crippen MR) is 97.0 cm³/mol. The summed E-state index contributed by atoms with van der Waals surface area (Å²) in [6, 6.07) is 13.5. The van der Waals surface area contributed by atoms with Crippen LogP contribution in [0.5, 0.6) is 11.6 Å². The topological polar surface area (TPSA) is 57.5 Å².